The van der Waals surface area contributed by atoms with Crippen molar-refractivity contribution < 1.29 is 18.3 Å². The fraction of sp³-hybridized carbons (Fsp3) is 0.923. The third kappa shape index (κ3) is 4.71. The number of β-amino-alcohol motifs (C(OH)–C–C–N with tert-alkyl or cyclic N) is 1. The molecule has 0 aromatic heterocycles. The van der Waals surface area contributed by atoms with Crippen LogP contribution in [0.15, 0.2) is 0 Å². The third-order valence-electron chi connectivity index (χ3n) is 3.58. The number of sulfone groups is 1. The highest BCUT2D eigenvalue weighted by molar-refractivity contribution is 7.92. The summed E-state index contributed by atoms with van der Waals surface area (Å²) in [4.78, 5) is 15.9. The van der Waals surface area contributed by atoms with Crippen molar-refractivity contribution >= 4 is 15.7 Å². The number of piperazine rings is 1. The summed E-state index contributed by atoms with van der Waals surface area (Å²) in [6.07, 6.45) is 0.142. The van der Waals surface area contributed by atoms with Crippen molar-refractivity contribution in [3.63, 3.8) is 0 Å². The van der Waals surface area contributed by atoms with Crippen LogP contribution in [0.25, 0.3) is 0 Å². The summed E-state index contributed by atoms with van der Waals surface area (Å²) in [7, 11) is -3.34. The second-order valence-corrected chi connectivity index (χ2v) is 7.93. The molecular weight excluding hydrogens is 280 g/mol. The van der Waals surface area contributed by atoms with Gasteiger partial charge in [-0.25, -0.2) is 8.42 Å². The number of hydrogen-bond acceptors (Lipinski definition) is 5. The Morgan fingerprint density at radius 1 is 1.20 bits per heavy atom. The average molecular weight is 306 g/mol. The molecule has 1 N–H and O–H groups in total. The smallest absolute Gasteiger partial charge is 0.240 e. The van der Waals surface area contributed by atoms with Crippen LogP contribution >= 0.6 is 0 Å². The van der Waals surface area contributed by atoms with Gasteiger partial charge < -0.3 is 10.0 Å². The van der Waals surface area contributed by atoms with Crippen molar-refractivity contribution in [1.82, 2.24) is 9.80 Å². The maximum atomic E-state index is 12.2. The monoisotopic (exact) mass is 306 g/mol. The fourth-order valence-electron chi connectivity index (χ4n) is 2.40. The van der Waals surface area contributed by atoms with Gasteiger partial charge in [-0.3, -0.25) is 9.69 Å². The molecule has 0 aliphatic carbocycles. The Labute approximate surface area is 121 Å². The first-order valence-corrected chi connectivity index (χ1v) is 8.90. The SMILES string of the molecule is CCCS(=O)(=O)[C@H](C)C(=O)N1CCN(C[C@@H](C)O)CC1. The first-order valence-electron chi connectivity index (χ1n) is 7.18. The molecular formula is C13H26N2O4S. The quantitative estimate of drug-likeness (QED) is 0.730. The Bertz CT molecular complexity index is 414. The lowest BCUT2D eigenvalue weighted by molar-refractivity contribution is -0.132. The van der Waals surface area contributed by atoms with Crippen LogP contribution in [0.2, 0.25) is 0 Å². The second kappa shape index (κ2) is 7.38. The van der Waals surface area contributed by atoms with E-state index in [0.29, 0.717) is 39.1 Å². The largest absolute Gasteiger partial charge is 0.392 e. The summed E-state index contributed by atoms with van der Waals surface area (Å²) in [5.41, 5.74) is 0. The number of rotatable bonds is 6. The highest BCUT2D eigenvalue weighted by atomic mass is 32.2. The van der Waals surface area contributed by atoms with E-state index in [0.717, 1.165) is 0 Å². The normalized spacial score (nSPS) is 20.7. The number of carbonyl (C=O) groups is 1. The Morgan fingerprint density at radius 3 is 2.20 bits per heavy atom. The molecule has 6 nitrogen and oxygen atoms in total. The van der Waals surface area contributed by atoms with E-state index in [2.05, 4.69) is 4.90 Å². The Balaban J connectivity index is 2.54. The summed E-state index contributed by atoms with van der Waals surface area (Å²) in [5, 5.41) is 8.38. The topological polar surface area (TPSA) is 77.9 Å². The molecule has 0 unspecified atom stereocenters. The highest BCUT2D eigenvalue weighted by Gasteiger charge is 2.32. The minimum atomic E-state index is -3.34. The predicted octanol–water partition coefficient (Wildman–Crippen LogP) is -0.275. The molecule has 20 heavy (non-hydrogen) atoms. The molecule has 1 aliphatic rings. The lowest BCUT2D eigenvalue weighted by atomic mass is 10.2. The zero-order valence-electron chi connectivity index (χ0n) is 12.6. The van der Waals surface area contributed by atoms with Gasteiger partial charge in [-0.15, -0.1) is 0 Å². The highest BCUT2D eigenvalue weighted by Crippen LogP contribution is 2.11. The molecule has 0 aromatic rings. The van der Waals surface area contributed by atoms with E-state index in [1.165, 1.54) is 6.92 Å². The summed E-state index contributed by atoms with van der Waals surface area (Å²) in [5.74, 6) is -0.239. The molecule has 7 heteroatoms. The van der Waals surface area contributed by atoms with E-state index in [-0.39, 0.29) is 17.8 Å². The minimum absolute atomic E-state index is 0.0574. The van der Waals surface area contributed by atoms with Gasteiger partial charge in [0.25, 0.3) is 0 Å². The van der Waals surface area contributed by atoms with Gasteiger partial charge in [-0.05, 0) is 20.3 Å². The molecule has 0 saturated carbocycles. The van der Waals surface area contributed by atoms with Gasteiger partial charge in [-0.1, -0.05) is 6.92 Å². The van der Waals surface area contributed by atoms with Crippen LogP contribution in [0, 0.1) is 0 Å². The Morgan fingerprint density at radius 2 is 1.75 bits per heavy atom. The summed E-state index contributed by atoms with van der Waals surface area (Å²) >= 11 is 0. The molecule has 1 saturated heterocycles. The van der Waals surface area contributed by atoms with Crippen LogP contribution < -0.4 is 0 Å². The number of aliphatic hydroxyl groups excluding tert-OH is 1. The standard InChI is InChI=1S/C13H26N2O4S/c1-4-9-20(18,19)12(3)13(17)15-7-5-14(6-8-15)10-11(2)16/h11-12,16H,4-10H2,1-3H3/t11-,12-/m1/s1. The van der Waals surface area contributed by atoms with Crippen LogP contribution in [-0.4, -0.2) is 79.1 Å². The van der Waals surface area contributed by atoms with Crippen molar-refractivity contribution in [2.45, 2.75) is 38.5 Å². The average Bonchev–Trinajstić information content (AvgIpc) is 2.37. The number of aliphatic hydroxyl groups is 1. The van der Waals surface area contributed by atoms with Crippen molar-refractivity contribution in [3.8, 4) is 0 Å². The number of nitrogens with zero attached hydrogens (tertiary/aromatic N) is 2. The maximum absolute atomic E-state index is 12.2. The Kier molecular flexibility index (Phi) is 6.42. The molecule has 1 aliphatic heterocycles. The third-order valence-corrected chi connectivity index (χ3v) is 5.84. The molecule has 0 radical (unpaired) electrons. The van der Waals surface area contributed by atoms with Crippen LogP contribution in [0.1, 0.15) is 27.2 Å². The van der Waals surface area contributed by atoms with Gasteiger partial charge in [0, 0.05) is 32.7 Å². The van der Waals surface area contributed by atoms with Crippen LogP contribution in [0.4, 0.5) is 0 Å². The van der Waals surface area contributed by atoms with Gasteiger partial charge in [0.2, 0.25) is 5.91 Å². The first-order chi connectivity index (χ1) is 9.27. The molecule has 1 rings (SSSR count). The van der Waals surface area contributed by atoms with Crippen molar-refractivity contribution in [3.05, 3.63) is 0 Å². The van der Waals surface area contributed by atoms with E-state index in [9.17, 15) is 18.3 Å². The van der Waals surface area contributed by atoms with E-state index in [1.807, 2.05) is 0 Å². The summed E-state index contributed by atoms with van der Waals surface area (Å²) in [6, 6.07) is 0. The van der Waals surface area contributed by atoms with Gasteiger partial charge in [0.05, 0.1) is 11.9 Å². The summed E-state index contributed by atoms with van der Waals surface area (Å²) < 4.78 is 23.9. The molecule has 0 bridgehead atoms. The van der Waals surface area contributed by atoms with E-state index >= 15 is 0 Å². The Hall–Kier alpha value is -0.660. The van der Waals surface area contributed by atoms with Crippen LogP contribution in [0.5, 0.6) is 0 Å². The van der Waals surface area contributed by atoms with Crippen LogP contribution in [-0.2, 0) is 14.6 Å². The summed E-state index contributed by atoms with van der Waals surface area (Å²) in [6.45, 7) is 8.01. The fourth-order valence-corrected chi connectivity index (χ4v) is 3.78. The van der Waals surface area contributed by atoms with E-state index in [4.69, 9.17) is 0 Å². The predicted molar refractivity (Wildman–Crippen MR) is 78.2 cm³/mol. The van der Waals surface area contributed by atoms with E-state index < -0.39 is 15.1 Å². The molecule has 1 heterocycles. The molecule has 1 fully saturated rings. The lowest BCUT2D eigenvalue weighted by Gasteiger charge is -2.36. The number of hydrogen-bond donors (Lipinski definition) is 1. The van der Waals surface area contributed by atoms with Gasteiger partial charge >= 0.3 is 0 Å². The molecule has 0 aromatic carbocycles. The zero-order chi connectivity index (χ0) is 15.3. The molecule has 118 valence electrons. The van der Waals surface area contributed by atoms with Gasteiger partial charge in [0.15, 0.2) is 9.84 Å². The maximum Gasteiger partial charge on any atom is 0.240 e. The van der Waals surface area contributed by atoms with Crippen LogP contribution in [0.3, 0.4) is 0 Å². The molecule has 0 spiro atoms. The zero-order valence-corrected chi connectivity index (χ0v) is 13.4. The molecule has 1 amide bonds. The van der Waals surface area contributed by atoms with Crippen molar-refractivity contribution in [2.24, 2.45) is 0 Å². The molecule has 2 atom stereocenters. The van der Waals surface area contributed by atoms with E-state index in [1.54, 1.807) is 18.7 Å². The van der Waals surface area contributed by atoms with Crippen molar-refractivity contribution in [2.75, 3.05) is 38.5 Å². The van der Waals surface area contributed by atoms with Gasteiger partial charge in [-0.2, -0.15) is 0 Å². The lowest BCUT2D eigenvalue weighted by Crippen LogP contribution is -2.53. The minimum Gasteiger partial charge on any atom is -0.392 e. The number of carbonyl (C=O) groups excluding carboxylic acids is 1. The van der Waals surface area contributed by atoms with Crippen molar-refractivity contribution in [1.29, 1.82) is 0 Å². The number of amides is 1. The second-order valence-electron chi connectivity index (χ2n) is 5.48. The van der Waals surface area contributed by atoms with Gasteiger partial charge in [0.1, 0.15) is 5.25 Å². The first kappa shape index (κ1) is 17.4.